The van der Waals surface area contributed by atoms with Gasteiger partial charge in [0.2, 0.25) is 11.8 Å². The summed E-state index contributed by atoms with van der Waals surface area (Å²) in [6.07, 6.45) is -1.83. The summed E-state index contributed by atoms with van der Waals surface area (Å²) in [6, 6.07) is 3.32. The fourth-order valence-electron chi connectivity index (χ4n) is 3.81. The van der Waals surface area contributed by atoms with Crippen molar-refractivity contribution < 1.29 is 36.3 Å². The van der Waals surface area contributed by atoms with Crippen molar-refractivity contribution in [1.82, 2.24) is 9.80 Å². The summed E-state index contributed by atoms with van der Waals surface area (Å²) in [4.78, 5) is 28.9. The molecule has 0 aromatic heterocycles. The predicted molar refractivity (Wildman–Crippen MR) is 107 cm³/mol. The molecule has 0 unspecified atom stereocenters. The quantitative estimate of drug-likeness (QED) is 0.416. The van der Waals surface area contributed by atoms with Crippen LogP contribution in [0.25, 0.3) is 0 Å². The smallest absolute Gasteiger partial charge is 0.340 e. The number of nitrogens with zero attached hydrogens (tertiary/aromatic N) is 3. The average molecular weight is 463 g/mol. The molecule has 2 saturated heterocycles. The number of imide groups is 1. The van der Waals surface area contributed by atoms with Gasteiger partial charge in [-0.1, -0.05) is 0 Å². The van der Waals surface area contributed by atoms with Gasteiger partial charge < -0.3 is 9.64 Å². The van der Waals surface area contributed by atoms with E-state index in [4.69, 9.17) is 4.74 Å². The molecule has 0 atom stereocenters. The lowest BCUT2D eigenvalue weighted by Gasteiger charge is -2.37. The zero-order valence-electron chi connectivity index (χ0n) is 17.5. The predicted octanol–water partition coefficient (Wildman–Crippen LogP) is 3.16. The average Bonchev–Trinajstić information content (AvgIpc) is 2.75. The molecule has 178 valence electrons. The van der Waals surface area contributed by atoms with E-state index in [1.807, 2.05) is 0 Å². The van der Waals surface area contributed by atoms with Gasteiger partial charge in [0, 0.05) is 51.6 Å². The van der Waals surface area contributed by atoms with E-state index in [0.29, 0.717) is 65.0 Å². The molecular weight excluding hydrogens is 437 g/mol. The molecule has 2 aliphatic heterocycles. The Hall–Kier alpha value is -2.43. The Morgan fingerprint density at radius 3 is 2.28 bits per heavy atom. The van der Waals surface area contributed by atoms with Crippen LogP contribution in [0, 0.1) is 5.82 Å². The molecule has 0 saturated carbocycles. The summed E-state index contributed by atoms with van der Waals surface area (Å²) >= 11 is 0. The molecule has 2 fully saturated rings. The Bertz CT molecular complexity index is 800. The van der Waals surface area contributed by atoms with Crippen molar-refractivity contribution in [1.29, 1.82) is 0 Å². The number of halogens is 5. The second kappa shape index (κ2) is 10.5. The van der Waals surface area contributed by atoms with Crippen LogP contribution < -0.4 is 9.64 Å². The van der Waals surface area contributed by atoms with Gasteiger partial charge in [0.05, 0.1) is 5.69 Å². The number of rotatable bonds is 9. The first-order chi connectivity index (χ1) is 15.2. The minimum Gasteiger partial charge on any atom is -0.485 e. The summed E-state index contributed by atoms with van der Waals surface area (Å²) in [5.41, 5.74) is 0.235. The number of benzene rings is 1. The number of alkyl halides is 4. The number of carbonyl (C=O) groups is 2. The first kappa shape index (κ1) is 24.2. The maximum atomic E-state index is 13.8. The number of ether oxygens (including phenoxy) is 1. The minimum atomic E-state index is -4.30. The normalized spacial score (nSPS) is 18.6. The highest BCUT2D eigenvalue weighted by Gasteiger charge is 2.42. The van der Waals surface area contributed by atoms with E-state index in [1.165, 1.54) is 4.90 Å². The third-order valence-electron chi connectivity index (χ3n) is 5.61. The molecular formula is C21H26F5N3O3. The van der Waals surface area contributed by atoms with Crippen LogP contribution in [-0.2, 0) is 9.59 Å². The fraction of sp³-hybridized carbons (Fsp3) is 0.619. The van der Waals surface area contributed by atoms with Gasteiger partial charge in [-0.3, -0.25) is 19.4 Å². The van der Waals surface area contributed by atoms with Crippen molar-refractivity contribution >= 4 is 17.5 Å². The third-order valence-corrected chi connectivity index (χ3v) is 5.61. The summed E-state index contributed by atoms with van der Waals surface area (Å²) in [5, 5.41) is 0. The number of piperazine rings is 1. The van der Waals surface area contributed by atoms with Crippen molar-refractivity contribution in [3.8, 4) is 5.75 Å². The highest BCUT2D eigenvalue weighted by atomic mass is 19.3. The van der Waals surface area contributed by atoms with Crippen molar-refractivity contribution in [2.75, 3.05) is 50.8 Å². The standard InChI is InChI=1S/C21H26F5N3O3/c22-15-5-6-17(32-14-21(25,26)20(23)24)16(13-15)28-11-9-27(10-12-28)7-2-8-29-18(30)3-1-4-19(29)31/h5-6,13,20H,1-4,7-12,14H2. The fourth-order valence-corrected chi connectivity index (χ4v) is 3.81. The molecule has 3 rings (SSSR count). The van der Waals surface area contributed by atoms with Crippen molar-refractivity contribution in [2.45, 2.75) is 38.0 Å². The molecule has 2 heterocycles. The molecule has 1 aromatic carbocycles. The Morgan fingerprint density at radius 2 is 1.66 bits per heavy atom. The summed E-state index contributed by atoms with van der Waals surface area (Å²) < 4.78 is 69.9. The van der Waals surface area contributed by atoms with Crippen molar-refractivity contribution in [3.05, 3.63) is 24.0 Å². The number of anilines is 1. The molecule has 2 amide bonds. The highest BCUT2D eigenvalue weighted by molar-refractivity contribution is 5.97. The number of piperidine rings is 1. The second-order valence-electron chi connectivity index (χ2n) is 7.94. The van der Waals surface area contributed by atoms with Crippen LogP contribution in [-0.4, -0.2) is 79.8 Å². The molecule has 0 bridgehead atoms. The first-order valence-electron chi connectivity index (χ1n) is 10.6. The third kappa shape index (κ3) is 6.08. The SMILES string of the molecule is O=C1CCCC(=O)N1CCCN1CCN(c2cc(F)ccc2OCC(F)(F)C(F)F)CC1. The maximum absolute atomic E-state index is 13.8. The lowest BCUT2D eigenvalue weighted by Crippen LogP contribution is -2.47. The van der Waals surface area contributed by atoms with E-state index in [2.05, 4.69) is 4.90 Å². The molecule has 2 aliphatic rings. The van der Waals surface area contributed by atoms with Crippen LogP contribution in [0.1, 0.15) is 25.7 Å². The Morgan fingerprint density at radius 1 is 1.00 bits per heavy atom. The lowest BCUT2D eigenvalue weighted by atomic mass is 10.1. The van der Waals surface area contributed by atoms with E-state index < -0.39 is 24.8 Å². The van der Waals surface area contributed by atoms with Gasteiger partial charge in [-0.25, -0.2) is 13.2 Å². The Balaban J connectivity index is 1.51. The summed E-state index contributed by atoms with van der Waals surface area (Å²) in [5.74, 6) is -5.25. The molecule has 32 heavy (non-hydrogen) atoms. The number of carbonyl (C=O) groups excluding carboxylic acids is 2. The van der Waals surface area contributed by atoms with Crippen LogP contribution in [0.4, 0.5) is 27.6 Å². The van der Waals surface area contributed by atoms with Gasteiger partial charge in [0.15, 0.2) is 6.61 Å². The molecule has 0 radical (unpaired) electrons. The van der Waals surface area contributed by atoms with E-state index in [0.717, 1.165) is 18.2 Å². The van der Waals surface area contributed by atoms with Crippen LogP contribution in [0.3, 0.4) is 0 Å². The second-order valence-corrected chi connectivity index (χ2v) is 7.94. The van der Waals surface area contributed by atoms with Gasteiger partial charge in [-0.2, -0.15) is 8.78 Å². The molecule has 0 aliphatic carbocycles. The highest BCUT2D eigenvalue weighted by Crippen LogP contribution is 2.32. The maximum Gasteiger partial charge on any atom is 0.340 e. The minimum absolute atomic E-state index is 0.0812. The number of hydrogen-bond acceptors (Lipinski definition) is 5. The molecule has 11 heteroatoms. The number of likely N-dealkylation sites (tertiary alicyclic amines) is 1. The largest absolute Gasteiger partial charge is 0.485 e. The molecule has 6 nitrogen and oxygen atoms in total. The number of amides is 2. The van der Waals surface area contributed by atoms with Crippen LogP contribution in [0.15, 0.2) is 18.2 Å². The van der Waals surface area contributed by atoms with Gasteiger partial charge in [0.1, 0.15) is 11.6 Å². The monoisotopic (exact) mass is 463 g/mol. The van der Waals surface area contributed by atoms with Crippen molar-refractivity contribution in [2.24, 2.45) is 0 Å². The summed E-state index contributed by atoms with van der Waals surface area (Å²) in [6.45, 7) is 1.61. The Kier molecular flexibility index (Phi) is 7.91. The van der Waals surface area contributed by atoms with E-state index in [9.17, 15) is 31.5 Å². The van der Waals surface area contributed by atoms with Crippen molar-refractivity contribution in [3.63, 3.8) is 0 Å². The van der Waals surface area contributed by atoms with Gasteiger partial charge in [-0.05, 0) is 31.5 Å². The molecule has 0 N–H and O–H groups in total. The topological polar surface area (TPSA) is 53.1 Å². The lowest BCUT2D eigenvalue weighted by molar-refractivity contribution is -0.148. The molecule has 1 aromatic rings. The van der Waals surface area contributed by atoms with Crippen LogP contribution in [0.2, 0.25) is 0 Å². The zero-order valence-corrected chi connectivity index (χ0v) is 17.5. The zero-order chi connectivity index (χ0) is 23.3. The van der Waals surface area contributed by atoms with Gasteiger partial charge >= 0.3 is 12.3 Å². The van der Waals surface area contributed by atoms with Crippen LogP contribution >= 0.6 is 0 Å². The molecule has 0 spiro atoms. The van der Waals surface area contributed by atoms with E-state index >= 15 is 0 Å². The van der Waals surface area contributed by atoms with Gasteiger partial charge in [0.25, 0.3) is 0 Å². The Labute approximate surface area is 182 Å². The van der Waals surface area contributed by atoms with Gasteiger partial charge in [-0.15, -0.1) is 0 Å². The summed E-state index contributed by atoms with van der Waals surface area (Å²) in [7, 11) is 0. The van der Waals surface area contributed by atoms with E-state index in [-0.39, 0.29) is 23.3 Å². The number of hydrogen-bond donors (Lipinski definition) is 0. The van der Waals surface area contributed by atoms with Crippen LogP contribution in [0.5, 0.6) is 5.75 Å². The first-order valence-corrected chi connectivity index (χ1v) is 10.6. The van der Waals surface area contributed by atoms with E-state index in [1.54, 1.807) is 4.90 Å².